The smallest absolute Gasteiger partial charge is 0.254 e. The Morgan fingerprint density at radius 3 is 2.26 bits per heavy atom. The fraction of sp³-hybridized carbons (Fsp3) is 0.609. The van der Waals surface area contributed by atoms with Gasteiger partial charge in [0, 0.05) is 24.2 Å². The molecule has 3 atom stereocenters. The molecule has 3 unspecified atom stereocenters. The lowest BCUT2D eigenvalue weighted by molar-refractivity contribution is 0.0578. The first-order chi connectivity index (χ1) is 13.2. The molecule has 2 fully saturated rings. The highest BCUT2D eigenvalue weighted by Gasteiger charge is 2.38. The van der Waals surface area contributed by atoms with E-state index in [1.54, 1.807) is 14.2 Å². The summed E-state index contributed by atoms with van der Waals surface area (Å²) >= 11 is 0. The van der Waals surface area contributed by atoms with Gasteiger partial charge in [-0.15, -0.1) is 0 Å². The highest BCUT2D eigenvalue weighted by atomic mass is 16.5. The van der Waals surface area contributed by atoms with Gasteiger partial charge >= 0.3 is 0 Å². The number of hydrogen-bond acceptors (Lipinski definition) is 3. The minimum Gasteiger partial charge on any atom is -0.497 e. The average molecular weight is 370 g/mol. The van der Waals surface area contributed by atoms with Crippen molar-refractivity contribution < 1.29 is 14.3 Å². The summed E-state index contributed by atoms with van der Waals surface area (Å²) in [7, 11) is 3.26. The van der Waals surface area contributed by atoms with Crippen LogP contribution in [0.4, 0.5) is 0 Å². The van der Waals surface area contributed by atoms with Gasteiger partial charge in [-0.25, -0.2) is 0 Å². The molecule has 146 valence electrons. The predicted octanol–water partition coefficient (Wildman–Crippen LogP) is 4.69. The summed E-state index contributed by atoms with van der Waals surface area (Å²) in [6.45, 7) is 0.883. The fourth-order valence-corrected chi connectivity index (χ4v) is 5.24. The monoisotopic (exact) mass is 369 g/mol. The average Bonchev–Trinajstić information content (AvgIpc) is 3.35. The van der Waals surface area contributed by atoms with E-state index in [0.29, 0.717) is 34.9 Å². The van der Waals surface area contributed by atoms with Crippen molar-refractivity contribution in [3.05, 3.63) is 35.9 Å². The van der Waals surface area contributed by atoms with Crippen LogP contribution in [0.3, 0.4) is 0 Å². The molecule has 1 amide bonds. The maximum Gasteiger partial charge on any atom is 0.254 e. The Morgan fingerprint density at radius 1 is 1.00 bits per heavy atom. The summed E-state index contributed by atoms with van der Waals surface area (Å²) < 4.78 is 10.8. The molecule has 4 nitrogen and oxygen atoms in total. The van der Waals surface area contributed by atoms with Gasteiger partial charge in [0.15, 0.2) is 0 Å². The quantitative estimate of drug-likeness (QED) is 0.683. The number of allylic oxidation sites excluding steroid dienone is 2. The zero-order chi connectivity index (χ0) is 18.8. The third-order valence-electron chi connectivity index (χ3n) is 6.72. The zero-order valence-corrected chi connectivity index (χ0v) is 16.5. The van der Waals surface area contributed by atoms with Gasteiger partial charge in [-0.05, 0) is 55.6 Å². The third kappa shape index (κ3) is 3.85. The molecule has 0 spiro atoms. The molecule has 3 aliphatic rings. The van der Waals surface area contributed by atoms with E-state index in [9.17, 15) is 4.79 Å². The van der Waals surface area contributed by atoms with Crippen molar-refractivity contribution in [1.29, 1.82) is 0 Å². The second kappa shape index (κ2) is 7.95. The van der Waals surface area contributed by atoms with Crippen LogP contribution in [0.1, 0.15) is 55.3 Å². The molecular weight excluding hydrogens is 338 g/mol. The minimum atomic E-state index is 0.130. The van der Waals surface area contributed by atoms with Crippen molar-refractivity contribution in [1.82, 2.24) is 4.90 Å². The first kappa shape index (κ1) is 18.4. The Morgan fingerprint density at radius 2 is 1.70 bits per heavy atom. The van der Waals surface area contributed by atoms with E-state index in [0.717, 1.165) is 25.3 Å². The molecule has 1 aromatic rings. The van der Waals surface area contributed by atoms with Crippen molar-refractivity contribution in [2.24, 2.45) is 17.8 Å². The van der Waals surface area contributed by atoms with Crippen molar-refractivity contribution in [2.75, 3.05) is 20.8 Å². The number of carbonyl (C=O) groups excluding carboxylic acids is 1. The number of fused-ring (bicyclic) bond motifs is 2. The summed E-state index contributed by atoms with van der Waals surface area (Å²) in [5.74, 6) is 3.48. The minimum absolute atomic E-state index is 0.130. The normalized spacial score (nSPS) is 27.0. The van der Waals surface area contributed by atoms with Crippen LogP contribution in [0, 0.1) is 17.8 Å². The van der Waals surface area contributed by atoms with Crippen molar-refractivity contribution in [3.63, 3.8) is 0 Å². The number of rotatable bonds is 6. The molecule has 0 saturated heterocycles. The molecule has 0 aliphatic heterocycles. The van der Waals surface area contributed by atoms with Gasteiger partial charge in [0.1, 0.15) is 11.5 Å². The van der Waals surface area contributed by atoms with E-state index < -0.39 is 0 Å². The summed E-state index contributed by atoms with van der Waals surface area (Å²) in [6, 6.07) is 5.89. The number of carbonyl (C=O) groups is 1. The van der Waals surface area contributed by atoms with Gasteiger partial charge < -0.3 is 14.4 Å². The van der Waals surface area contributed by atoms with Crippen LogP contribution in [-0.4, -0.2) is 37.6 Å². The topological polar surface area (TPSA) is 38.8 Å². The first-order valence-corrected chi connectivity index (χ1v) is 10.4. The predicted molar refractivity (Wildman–Crippen MR) is 106 cm³/mol. The van der Waals surface area contributed by atoms with Gasteiger partial charge in [-0.2, -0.15) is 0 Å². The van der Waals surface area contributed by atoms with Crippen molar-refractivity contribution in [2.45, 2.75) is 51.0 Å². The largest absolute Gasteiger partial charge is 0.497 e. The molecule has 0 radical (unpaired) electrons. The molecule has 27 heavy (non-hydrogen) atoms. The molecule has 4 rings (SSSR count). The number of hydrogen-bond donors (Lipinski definition) is 0. The first-order valence-electron chi connectivity index (χ1n) is 10.4. The van der Waals surface area contributed by atoms with Gasteiger partial charge in [-0.1, -0.05) is 31.4 Å². The molecule has 1 aromatic carbocycles. The molecular formula is C23H31NO3. The van der Waals surface area contributed by atoms with E-state index in [1.807, 2.05) is 18.2 Å². The highest BCUT2D eigenvalue weighted by Crippen LogP contribution is 2.44. The van der Waals surface area contributed by atoms with Gasteiger partial charge in [-0.3, -0.25) is 4.79 Å². The molecule has 0 heterocycles. The second-order valence-electron chi connectivity index (χ2n) is 8.39. The third-order valence-corrected chi connectivity index (χ3v) is 6.72. The van der Waals surface area contributed by atoms with Crippen LogP contribution in [0.5, 0.6) is 11.5 Å². The van der Waals surface area contributed by atoms with Crippen LogP contribution in [0.2, 0.25) is 0 Å². The van der Waals surface area contributed by atoms with Crippen LogP contribution in [-0.2, 0) is 0 Å². The Hall–Kier alpha value is -1.97. The van der Waals surface area contributed by atoms with E-state index in [-0.39, 0.29) is 5.91 Å². The number of nitrogens with zero attached hydrogens (tertiary/aromatic N) is 1. The summed E-state index contributed by atoms with van der Waals surface area (Å²) in [5, 5.41) is 0. The molecule has 2 saturated carbocycles. The van der Waals surface area contributed by atoms with Crippen molar-refractivity contribution in [3.8, 4) is 11.5 Å². The number of methoxy groups -OCH3 is 2. The van der Waals surface area contributed by atoms with Gasteiger partial charge in [0.2, 0.25) is 0 Å². The lowest BCUT2D eigenvalue weighted by Crippen LogP contribution is -2.44. The van der Waals surface area contributed by atoms with Gasteiger partial charge in [0.25, 0.3) is 5.91 Å². The van der Waals surface area contributed by atoms with Crippen molar-refractivity contribution >= 4 is 5.91 Å². The number of ether oxygens (including phenoxy) is 2. The summed E-state index contributed by atoms with van der Waals surface area (Å²) in [6.07, 6.45) is 13.3. The van der Waals surface area contributed by atoms with Crippen LogP contribution in [0.15, 0.2) is 30.4 Å². The van der Waals surface area contributed by atoms with Gasteiger partial charge in [0.05, 0.1) is 14.2 Å². The molecule has 3 aliphatic carbocycles. The molecule has 2 bridgehead atoms. The van der Waals surface area contributed by atoms with Crippen LogP contribution >= 0.6 is 0 Å². The standard InChI is InChI=1S/C23H31NO3/c1-26-21-12-18(13-22(14-21)27-2)23(25)24(20-6-4-3-5-7-20)15-19-11-16-8-9-17(19)10-16/h8-9,12-14,16-17,19-20H,3-7,10-11,15H2,1-2H3. The summed E-state index contributed by atoms with van der Waals surface area (Å²) in [4.78, 5) is 15.8. The Labute approximate surface area is 162 Å². The molecule has 0 aromatic heterocycles. The second-order valence-corrected chi connectivity index (χ2v) is 8.39. The maximum atomic E-state index is 13.6. The SMILES string of the molecule is COc1cc(OC)cc(C(=O)N(CC2CC3C=CC2C3)C2CCCCC2)c1. The molecule has 4 heteroatoms. The molecule has 0 N–H and O–H groups in total. The lowest BCUT2D eigenvalue weighted by atomic mass is 9.89. The van der Waals surface area contributed by atoms with E-state index in [2.05, 4.69) is 17.1 Å². The lowest BCUT2D eigenvalue weighted by Gasteiger charge is -2.37. The number of amides is 1. The van der Waals surface area contributed by atoms with E-state index in [1.165, 1.54) is 32.1 Å². The highest BCUT2D eigenvalue weighted by molar-refractivity contribution is 5.95. The van der Waals surface area contributed by atoms with Crippen LogP contribution < -0.4 is 9.47 Å². The Balaban J connectivity index is 1.59. The fourth-order valence-electron chi connectivity index (χ4n) is 5.24. The van der Waals surface area contributed by atoms with E-state index in [4.69, 9.17) is 9.47 Å². The zero-order valence-electron chi connectivity index (χ0n) is 16.5. The van der Waals surface area contributed by atoms with E-state index >= 15 is 0 Å². The number of benzene rings is 1. The summed E-state index contributed by atoms with van der Waals surface area (Å²) in [5.41, 5.74) is 0.676. The maximum absolute atomic E-state index is 13.6. The Bertz CT molecular complexity index is 685. The van der Waals surface area contributed by atoms with Crippen LogP contribution in [0.25, 0.3) is 0 Å². The Kier molecular flexibility index (Phi) is 5.42.